The fourth-order valence-electron chi connectivity index (χ4n) is 2.07. The zero-order chi connectivity index (χ0) is 17.9. The van der Waals surface area contributed by atoms with Gasteiger partial charge in [-0.25, -0.2) is 0 Å². The standard InChI is InChI=1S/C20H34O/c1-17(2)9-6-10-18(3)11-7-12-19(4)13-8-14-20(5)15-16-21/h9,11,13,15,21H,6-8,10,12,14,16H2,1-5H3/b18-11+,19-13+,20-15+/i16D2. The number of aliphatic hydroxyl groups is 1. The summed E-state index contributed by atoms with van der Waals surface area (Å²) in [5.74, 6) is 0. The SMILES string of the molecule is [2H]C([2H])(O)/C=C(\C)CC/C=C(\C)CC/C=C(\C)CCC=C(C)C. The Kier molecular flexibility index (Phi) is 9.81. The third-order valence-electron chi connectivity index (χ3n) is 3.47. The van der Waals surface area contributed by atoms with Crippen LogP contribution in [0.3, 0.4) is 0 Å². The van der Waals surface area contributed by atoms with E-state index >= 15 is 0 Å². The van der Waals surface area contributed by atoms with Gasteiger partial charge in [0.15, 0.2) is 0 Å². The topological polar surface area (TPSA) is 20.2 Å². The number of hydrogen-bond donors (Lipinski definition) is 1. The van der Waals surface area contributed by atoms with Gasteiger partial charge in [-0.15, -0.1) is 0 Å². The normalized spacial score (nSPS) is 15.6. The van der Waals surface area contributed by atoms with Gasteiger partial charge >= 0.3 is 0 Å². The lowest BCUT2D eigenvalue weighted by molar-refractivity contribution is 0.341. The quantitative estimate of drug-likeness (QED) is 0.481. The van der Waals surface area contributed by atoms with Crippen molar-refractivity contribution in [1.82, 2.24) is 0 Å². The first-order chi connectivity index (χ1) is 10.6. The van der Waals surface area contributed by atoms with Crippen LogP contribution in [-0.4, -0.2) is 11.7 Å². The average Bonchev–Trinajstić information content (AvgIpc) is 2.35. The second-order valence-corrected chi connectivity index (χ2v) is 6.12. The molecule has 1 nitrogen and oxygen atoms in total. The van der Waals surface area contributed by atoms with Crippen LogP contribution in [0.5, 0.6) is 0 Å². The summed E-state index contributed by atoms with van der Waals surface area (Å²) in [6, 6.07) is 0. The van der Waals surface area contributed by atoms with Gasteiger partial charge in [0.05, 0.1) is 9.30 Å². The summed E-state index contributed by atoms with van der Waals surface area (Å²) in [6.45, 7) is 8.29. The highest BCUT2D eigenvalue weighted by Gasteiger charge is 1.93. The molecule has 0 aliphatic carbocycles. The maximum absolute atomic E-state index is 9.09. The van der Waals surface area contributed by atoms with Crippen LogP contribution in [0, 0.1) is 0 Å². The Morgan fingerprint density at radius 3 is 1.48 bits per heavy atom. The lowest BCUT2D eigenvalue weighted by atomic mass is 10.0. The van der Waals surface area contributed by atoms with Crippen molar-refractivity contribution in [1.29, 1.82) is 0 Å². The molecular formula is C20H34O. The van der Waals surface area contributed by atoms with Crippen molar-refractivity contribution in [3.8, 4) is 0 Å². The van der Waals surface area contributed by atoms with E-state index in [0.717, 1.165) is 44.1 Å². The fourth-order valence-corrected chi connectivity index (χ4v) is 2.07. The largest absolute Gasteiger partial charge is 0.392 e. The smallest absolute Gasteiger partial charge is 0.0614 e. The minimum absolute atomic E-state index is 0.787. The molecule has 0 aromatic carbocycles. The van der Waals surface area contributed by atoms with Gasteiger partial charge in [0.2, 0.25) is 0 Å². The Hall–Kier alpha value is -1.08. The van der Waals surface area contributed by atoms with Gasteiger partial charge in [-0.3, -0.25) is 0 Å². The molecule has 0 spiro atoms. The molecule has 0 fully saturated rings. The number of rotatable bonds is 10. The highest BCUT2D eigenvalue weighted by Crippen LogP contribution is 2.13. The van der Waals surface area contributed by atoms with Gasteiger partial charge < -0.3 is 5.11 Å². The van der Waals surface area contributed by atoms with Crippen LogP contribution >= 0.6 is 0 Å². The molecule has 120 valence electrons. The molecule has 0 aliphatic rings. The summed E-state index contributed by atoms with van der Waals surface area (Å²) in [6.07, 6.45) is 14.2. The molecule has 0 saturated heterocycles. The molecule has 21 heavy (non-hydrogen) atoms. The summed E-state index contributed by atoms with van der Waals surface area (Å²) in [4.78, 5) is 0. The monoisotopic (exact) mass is 292 g/mol. The maximum Gasteiger partial charge on any atom is 0.0614 e. The van der Waals surface area contributed by atoms with Gasteiger partial charge in [-0.05, 0) is 73.1 Å². The van der Waals surface area contributed by atoms with E-state index in [1.54, 1.807) is 0 Å². The molecule has 0 aromatic heterocycles. The number of allylic oxidation sites excluding steroid dienone is 7. The van der Waals surface area contributed by atoms with Crippen LogP contribution < -0.4 is 0 Å². The van der Waals surface area contributed by atoms with E-state index in [0.29, 0.717) is 0 Å². The van der Waals surface area contributed by atoms with Gasteiger partial charge in [0, 0.05) is 0 Å². The van der Waals surface area contributed by atoms with Crippen molar-refractivity contribution in [3.63, 3.8) is 0 Å². The third-order valence-corrected chi connectivity index (χ3v) is 3.47. The Labute approximate surface area is 135 Å². The molecule has 0 amide bonds. The summed E-state index contributed by atoms with van der Waals surface area (Å²) in [5.41, 5.74) is 5.10. The average molecular weight is 293 g/mol. The van der Waals surface area contributed by atoms with Crippen molar-refractivity contribution < 1.29 is 7.85 Å². The molecule has 0 aromatic rings. The lowest BCUT2D eigenvalue weighted by Gasteiger charge is -2.02. The third kappa shape index (κ3) is 13.7. The van der Waals surface area contributed by atoms with Crippen LogP contribution in [0.1, 0.15) is 75.9 Å². The Morgan fingerprint density at radius 2 is 1.10 bits per heavy atom. The summed E-state index contributed by atoms with van der Waals surface area (Å²) in [7, 11) is 0. The van der Waals surface area contributed by atoms with Crippen LogP contribution in [-0.2, 0) is 0 Å². The lowest BCUT2D eigenvalue weighted by Crippen LogP contribution is -1.83. The molecular weight excluding hydrogens is 256 g/mol. The van der Waals surface area contributed by atoms with Crippen LogP contribution in [0.4, 0.5) is 0 Å². The molecule has 0 unspecified atom stereocenters. The van der Waals surface area contributed by atoms with Crippen molar-refractivity contribution in [2.24, 2.45) is 0 Å². The Balaban J connectivity index is 4.08. The second kappa shape index (κ2) is 12.6. The molecule has 0 bridgehead atoms. The second-order valence-electron chi connectivity index (χ2n) is 6.12. The van der Waals surface area contributed by atoms with Crippen LogP contribution in [0.2, 0.25) is 0 Å². The summed E-state index contributed by atoms with van der Waals surface area (Å²) < 4.78 is 14.2. The molecule has 0 atom stereocenters. The van der Waals surface area contributed by atoms with Crippen LogP contribution in [0.25, 0.3) is 0 Å². The molecule has 0 rings (SSSR count). The van der Waals surface area contributed by atoms with E-state index in [1.165, 1.54) is 22.8 Å². The van der Waals surface area contributed by atoms with Gasteiger partial charge in [0.1, 0.15) is 0 Å². The van der Waals surface area contributed by atoms with E-state index in [9.17, 15) is 0 Å². The first kappa shape index (κ1) is 16.3. The predicted octanol–water partition coefficient (Wildman–Crippen LogP) is 6.12. The van der Waals surface area contributed by atoms with Crippen LogP contribution in [0.15, 0.2) is 46.6 Å². The molecule has 0 saturated carbocycles. The first-order valence-electron chi connectivity index (χ1n) is 8.95. The molecule has 0 radical (unpaired) electrons. The van der Waals surface area contributed by atoms with Crippen molar-refractivity contribution in [2.75, 3.05) is 6.56 Å². The van der Waals surface area contributed by atoms with Gasteiger partial charge in [-0.2, -0.15) is 0 Å². The fraction of sp³-hybridized carbons (Fsp3) is 0.600. The van der Waals surface area contributed by atoms with Crippen molar-refractivity contribution in [3.05, 3.63) is 46.6 Å². The zero-order valence-corrected chi connectivity index (χ0v) is 14.5. The number of hydrogen-bond acceptors (Lipinski definition) is 1. The van der Waals surface area contributed by atoms with Crippen molar-refractivity contribution in [2.45, 2.75) is 73.1 Å². The summed E-state index contributed by atoms with van der Waals surface area (Å²) in [5, 5.41) is 9.09. The molecule has 0 aliphatic heterocycles. The Bertz CT molecular complexity index is 459. The van der Waals surface area contributed by atoms with E-state index < -0.39 is 6.56 Å². The van der Waals surface area contributed by atoms with E-state index in [2.05, 4.69) is 45.9 Å². The predicted molar refractivity (Wildman–Crippen MR) is 95.5 cm³/mol. The minimum Gasteiger partial charge on any atom is -0.392 e. The Morgan fingerprint density at radius 1 is 0.714 bits per heavy atom. The zero-order valence-electron chi connectivity index (χ0n) is 16.5. The first-order valence-corrected chi connectivity index (χ1v) is 7.95. The maximum atomic E-state index is 9.09. The highest BCUT2D eigenvalue weighted by molar-refractivity contribution is 5.07. The van der Waals surface area contributed by atoms with Crippen molar-refractivity contribution >= 4 is 0 Å². The van der Waals surface area contributed by atoms with Gasteiger partial charge in [0.25, 0.3) is 0 Å². The minimum atomic E-state index is -2.20. The molecule has 1 N–H and O–H groups in total. The van der Waals surface area contributed by atoms with E-state index in [1.807, 2.05) is 6.92 Å². The molecule has 1 heteroatoms. The molecule has 0 heterocycles. The van der Waals surface area contributed by atoms with E-state index in [4.69, 9.17) is 7.85 Å². The highest BCUT2D eigenvalue weighted by atomic mass is 16.2. The summed E-state index contributed by atoms with van der Waals surface area (Å²) >= 11 is 0. The van der Waals surface area contributed by atoms with Gasteiger partial charge in [-0.1, -0.05) is 46.6 Å². The van der Waals surface area contributed by atoms with E-state index in [-0.39, 0.29) is 0 Å².